The van der Waals surface area contributed by atoms with Gasteiger partial charge in [-0.05, 0) is 12.1 Å². The first-order chi connectivity index (χ1) is 5.42. The number of fused-ring (bicyclic) bond motifs is 1. The summed E-state index contributed by atoms with van der Waals surface area (Å²) in [6, 6.07) is 5.56. The maximum absolute atomic E-state index is 8.87. The van der Waals surface area contributed by atoms with Gasteiger partial charge in [0, 0.05) is 0 Å². The molecule has 0 aliphatic rings. The second-order valence-corrected chi connectivity index (χ2v) is 2.25. The number of aromatic nitrogens is 3. The van der Waals surface area contributed by atoms with Crippen LogP contribution >= 0.6 is 0 Å². The van der Waals surface area contributed by atoms with Crippen LogP contribution in [0, 0.1) is 0 Å². The molecule has 0 unspecified atom stereocenters. The molecule has 2 aromatic heterocycles. The van der Waals surface area contributed by atoms with Gasteiger partial charge in [-0.15, -0.1) is 5.10 Å². The summed E-state index contributed by atoms with van der Waals surface area (Å²) < 4.78 is 1.61. The minimum atomic E-state index is -0.0132. The molecule has 2 aromatic rings. The average Bonchev–Trinajstić information content (AvgIpc) is 2.50. The van der Waals surface area contributed by atoms with Gasteiger partial charge in [-0.3, -0.25) is 0 Å². The Labute approximate surface area is 63.1 Å². The van der Waals surface area contributed by atoms with Crippen LogP contribution in [0.15, 0.2) is 24.4 Å². The van der Waals surface area contributed by atoms with E-state index in [0.717, 1.165) is 11.2 Å². The zero-order valence-corrected chi connectivity index (χ0v) is 5.81. The highest BCUT2D eigenvalue weighted by Gasteiger charge is 1.97. The first-order valence-electron chi connectivity index (χ1n) is 3.31. The van der Waals surface area contributed by atoms with Crippen LogP contribution < -0.4 is 0 Å². The van der Waals surface area contributed by atoms with Crippen molar-refractivity contribution in [1.82, 2.24) is 14.8 Å². The highest BCUT2D eigenvalue weighted by Crippen LogP contribution is 2.03. The van der Waals surface area contributed by atoms with Gasteiger partial charge in [-0.2, -0.15) is 0 Å². The normalized spacial score (nSPS) is 10.6. The van der Waals surface area contributed by atoms with Crippen molar-refractivity contribution in [3.63, 3.8) is 0 Å². The fourth-order valence-corrected chi connectivity index (χ4v) is 1.03. The van der Waals surface area contributed by atoms with Crippen LogP contribution in [0.1, 0.15) is 5.69 Å². The number of pyridine rings is 1. The lowest BCUT2D eigenvalue weighted by atomic mass is 10.3. The summed E-state index contributed by atoms with van der Waals surface area (Å²) in [4.78, 5) is 0. The Morgan fingerprint density at radius 2 is 2.36 bits per heavy atom. The Bertz CT molecular complexity index is 368. The molecule has 11 heavy (non-hydrogen) atoms. The number of aliphatic hydroxyl groups is 1. The van der Waals surface area contributed by atoms with E-state index in [-0.39, 0.29) is 6.61 Å². The van der Waals surface area contributed by atoms with Gasteiger partial charge in [0.15, 0.2) is 0 Å². The third-order valence-corrected chi connectivity index (χ3v) is 1.57. The summed E-state index contributed by atoms with van der Waals surface area (Å²) in [5.41, 5.74) is 1.65. The Morgan fingerprint density at radius 1 is 1.45 bits per heavy atom. The van der Waals surface area contributed by atoms with Gasteiger partial charge in [-0.1, -0.05) is 11.3 Å². The molecule has 0 saturated heterocycles. The van der Waals surface area contributed by atoms with Gasteiger partial charge >= 0.3 is 0 Å². The van der Waals surface area contributed by atoms with Crippen LogP contribution in [-0.4, -0.2) is 19.9 Å². The lowest BCUT2D eigenvalue weighted by molar-refractivity contribution is 0.273. The van der Waals surface area contributed by atoms with E-state index in [1.807, 2.05) is 18.2 Å². The molecule has 0 aliphatic carbocycles. The fraction of sp³-hybridized carbons (Fsp3) is 0.143. The molecule has 0 aliphatic heterocycles. The predicted molar refractivity (Wildman–Crippen MR) is 38.9 cm³/mol. The van der Waals surface area contributed by atoms with Crippen LogP contribution in [0.4, 0.5) is 0 Å². The van der Waals surface area contributed by atoms with Crippen LogP contribution in [-0.2, 0) is 6.61 Å². The van der Waals surface area contributed by atoms with Crippen LogP contribution in [0.5, 0.6) is 0 Å². The standard InChI is InChI=1S/C7H7N3O/c11-5-7-3-1-2-6-4-8-9-10(6)7/h1-4,11H,5H2. The lowest BCUT2D eigenvalue weighted by Gasteiger charge is -1.97. The average molecular weight is 149 g/mol. The minimum absolute atomic E-state index is 0.0132. The van der Waals surface area contributed by atoms with Gasteiger partial charge in [0.05, 0.1) is 24.0 Å². The highest BCUT2D eigenvalue weighted by atomic mass is 16.3. The van der Waals surface area contributed by atoms with Crippen LogP contribution in [0.2, 0.25) is 0 Å². The SMILES string of the molecule is OCc1cccc2cnnn12. The van der Waals surface area contributed by atoms with E-state index in [2.05, 4.69) is 10.3 Å². The molecule has 56 valence electrons. The van der Waals surface area contributed by atoms with E-state index in [0.29, 0.717) is 0 Å². The third kappa shape index (κ3) is 0.877. The fourth-order valence-electron chi connectivity index (χ4n) is 1.03. The zero-order valence-electron chi connectivity index (χ0n) is 5.81. The second kappa shape index (κ2) is 2.32. The van der Waals surface area contributed by atoms with E-state index in [1.54, 1.807) is 10.7 Å². The summed E-state index contributed by atoms with van der Waals surface area (Å²) >= 11 is 0. The summed E-state index contributed by atoms with van der Waals surface area (Å²) in [5, 5.41) is 16.4. The van der Waals surface area contributed by atoms with Crippen molar-refractivity contribution in [3.05, 3.63) is 30.1 Å². The molecular formula is C7H7N3O. The van der Waals surface area contributed by atoms with Crippen LogP contribution in [0.25, 0.3) is 5.52 Å². The Balaban J connectivity index is 2.79. The molecule has 0 amide bonds. The molecule has 2 rings (SSSR count). The maximum Gasteiger partial charge on any atom is 0.0869 e. The van der Waals surface area contributed by atoms with Gasteiger partial charge in [0.1, 0.15) is 0 Å². The van der Waals surface area contributed by atoms with Gasteiger partial charge in [-0.25, -0.2) is 4.52 Å². The van der Waals surface area contributed by atoms with Crippen molar-refractivity contribution >= 4 is 5.52 Å². The van der Waals surface area contributed by atoms with E-state index in [4.69, 9.17) is 5.11 Å². The first-order valence-corrected chi connectivity index (χ1v) is 3.31. The number of hydrogen-bond donors (Lipinski definition) is 1. The molecule has 2 heterocycles. The van der Waals surface area contributed by atoms with Crippen molar-refractivity contribution in [2.75, 3.05) is 0 Å². The molecule has 0 aromatic carbocycles. The third-order valence-electron chi connectivity index (χ3n) is 1.57. The van der Waals surface area contributed by atoms with E-state index in [9.17, 15) is 0 Å². The van der Waals surface area contributed by atoms with Crippen LogP contribution in [0.3, 0.4) is 0 Å². The molecule has 4 heteroatoms. The van der Waals surface area contributed by atoms with Gasteiger partial charge < -0.3 is 5.11 Å². The van der Waals surface area contributed by atoms with E-state index in [1.165, 1.54) is 0 Å². The van der Waals surface area contributed by atoms with Crippen molar-refractivity contribution in [1.29, 1.82) is 0 Å². The highest BCUT2D eigenvalue weighted by molar-refractivity contribution is 5.43. The number of hydrogen-bond acceptors (Lipinski definition) is 3. The van der Waals surface area contributed by atoms with E-state index >= 15 is 0 Å². The van der Waals surface area contributed by atoms with E-state index < -0.39 is 0 Å². The van der Waals surface area contributed by atoms with Crippen molar-refractivity contribution in [2.45, 2.75) is 6.61 Å². The molecule has 0 atom stereocenters. The summed E-state index contributed by atoms with van der Waals surface area (Å²) in [5.74, 6) is 0. The number of nitrogens with zero attached hydrogens (tertiary/aromatic N) is 3. The molecule has 1 N–H and O–H groups in total. The summed E-state index contributed by atoms with van der Waals surface area (Å²) in [6.45, 7) is -0.0132. The van der Waals surface area contributed by atoms with Gasteiger partial charge in [0.25, 0.3) is 0 Å². The first kappa shape index (κ1) is 6.30. The Hall–Kier alpha value is -1.42. The molecule has 4 nitrogen and oxygen atoms in total. The number of rotatable bonds is 1. The quantitative estimate of drug-likeness (QED) is 0.631. The largest absolute Gasteiger partial charge is 0.390 e. The zero-order chi connectivity index (χ0) is 7.68. The molecule has 0 saturated carbocycles. The molecule has 0 radical (unpaired) electrons. The topological polar surface area (TPSA) is 50.4 Å². The summed E-state index contributed by atoms with van der Waals surface area (Å²) in [6.07, 6.45) is 1.65. The Morgan fingerprint density at radius 3 is 3.18 bits per heavy atom. The minimum Gasteiger partial charge on any atom is -0.390 e. The van der Waals surface area contributed by atoms with Gasteiger partial charge in [0.2, 0.25) is 0 Å². The summed E-state index contributed by atoms with van der Waals surface area (Å²) in [7, 11) is 0. The molecule has 0 bridgehead atoms. The van der Waals surface area contributed by atoms with Crippen molar-refractivity contribution < 1.29 is 5.11 Å². The molecule has 0 spiro atoms. The monoisotopic (exact) mass is 149 g/mol. The predicted octanol–water partition coefficient (Wildman–Crippen LogP) is 0.222. The van der Waals surface area contributed by atoms with Crippen molar-refractivity contribution in [3.8, 4) is 0 Å². The lowest BCUT2D eigenvalue weighted by Crippen LogP contribution is -1.97. The smallest absolute Gasteiger partial charge is 0.0869 e. The van der Waals surface area contributed by atoms with Crippen molar-refractivity contribution in [2.24, 2.45) is 0 Å². The maximum atomic E-state index is 8.87. The molecular weight excluding hydrogens is 142 g/mol. The number of aliphatic hydroxyl groups excluding tert-OH is 1. The Kier molecular flexibility index (Phi) is 1.33. The molecule has 0 fully saturated rings. The second-order valence-electron chi connectivity index (χ2n) is 2.25.